The van der Waals surface area contributed by atoms with Gasteiger partial charge in [-0.25, -0.2) is 0 Å². The van der Waals surface area contributed by atoms with E-state index in [2.05, 4.69) is 52.9 Å². The molecule has 0 unspecified atom stereocenters. The van der Waals surface area contributed by atoms with Crippen molar-refractivity contribution in [2.24, 2.45) is 4.99 Å². The van der Waals surface area contributed by atoms with Gasteiger partial charge in [-0.1, -0.05) is 18.2 Å². The molecule has 0 aliphatic carbocycles. The number of hydrogen-bond donors (Lipinski definition) is 0. The molecule has 0 saturated heterocycles. The van der Waals surface area contributed by atoms with E-state index in [0.29, 0.717) is 0 Å². The topological polar surface area (TPSA) is 17.3 Å². The Kier molecular flexibility index (Phi) is 1.75. The fourth-order valence-electron chi connectivity index (χ4n) is 2.09. The smallest absolute Gasteiger partial charge is 0.0661 e. The molecule has 1 aliphatic heterocycles. The van der Waals surface area contributed by atoms with Crippen LogP contribution in [-0.4, -0.2) is 10.8 Å². The Bertz CT molecular complexity index is 535. The summed E-state index contributed by atoms with van der Waals surface area (Å²) in [6.07, 6.45) is 1.95. The van der Waals surface area contributed by atoms with Crippen LogP contribution in [0.5, 0.6) is 0 Å². The zero-order chi connectivity index (χ0) is 10.3. The molecule has 0 bridgehead atoms. The Hall–Kier alpha value is -1.83. The maximum atomic E-state index is 4.42. The van der Waals surface area contributed by atoms with Crippen molar-refractivity contribution >= 4 is 6.21 Å². The van der Waals surface area contributed by atoms with Gasteiger partial charge in [0.05, 0.1) is 17.9 Å². The van der Waals surface area contributed by atoms with E-state index in [9.17, 15) is 0 Å². The Labute approximate surface area is 88.9 Å². The third kappa shape index (κ3) is 1.22. The number of aliphatic imine (C=N–C) groups is 1. The minimum atomic E-state index is 0.775. The molecule has 0 atom stereocenters. The molecule has 0 amide bonds. The summed E-state index contributed by atoms with van der Waals surface area (Å²) in [4.78, 5) is 4.42. The summed E-state index contributed by atoms with van der Waals surface area (Å²) in [5.41, 5.74) is 4.96. The van der Waals surface area contributed by atoms with Gasteiger partial charge in [0, 0.05) is 11.9 Å². The molecule has 0 saturated carbocycles. The van der Waals surface area contributed by atoms with Crippen LogP contribution in [-0.2, 0) is 6.54 Å². The minimum absolute atomic E-state index is 0.775. The quantitative estimate of drug-likeness (QED) is 0.616. The number of para-hydroxylation sites is 1. The normalized spacial score (nSPS) is 13.1. The summed E-state index contributed by atoms with van der Waals surface area (Å²) in [5, 5.41) is 0. The summed E-state index contributed by atoms with van der Waals surface area (Å²) in [5.74, 6) is 0. The highest BCUT2D eigenvalue weighted by Crippen LogP contribution is 2.22. The maximum Gasteiger partial charge on any atom is 0.0661 e. The van der Waals surface area contributed by atoms with E-state index in [0.717, 1.165) is 12.2 Å². The standard InChI is InChI=1S/C13H12N2/c1-10-6-7-12-9-14-8-11-4-2-3-5-13(11)15(10)12/h2-7,9H,8H2,1H3. The van der Waals surface area contributed by atoms with Crippen molar-refractivity contribution in [3.8, 4) is 5.69 Å². The molecule has 1 aromatic carbocycles. The first-order valence-electron chi connectivity index (χ1n) is 5.13. The number of aryl methyl sites for hydroxylation is 1. The summed E-state index contributed by atoms with van der Waals surface area (Å²) in [7, 11) is 0. The van der Waals surface area contributed by atoms with Crippen LogP contribution < -0.4 is 0 Å². The second kappa shape index (κ2) is 3.09. The highest BCUT2D eigenvalue weighted by molar-refractivity contribution is 5.80. The number of hydrogen-bond acceptors (Lipinski definition) is 1. The average Bonchev–Trinajstić information content (AvgIpc) is 2.52. The van der Waals surface area contributed by atoms with Crippen LogP contribution in [0.4, 0.5) is 0 Å². The molecule has 15 heavy (non-hydrogen) atoms. The van der Waals surface area contributed by atoms with Crippen molar-refractivity contribution in [3.63, 3.8) is 0 Å². The van der Waals surface area contributed by atoms with E-state index in [4.69, 9.17) is 0 Å². The highest BCUT2D eigenvalue weighted by atomic mass is 15.0. The number of fused-ring (bicyclic) bond motifs is 3. The lowest BCUT2D eigenvalue weighted by atomic mass is 10.2. The summed E-state index contributed by atoms with van der Waals surface area (Å²) >= 11 is 0. The molecule has 2 nitrogen and oxygen atoms in total. The second-order valence-corrected chi connectivity index (χ2v) is 3.83. The molecule has 0 N–H and O–H groups in total. The fraction of sp³-hybridized carbons (Fsp3) is 0.154. The van der Waals surface area contributed by atoms with Crippen molar-refractivity contribution in [1.29, 1.82) is 0 Å². The largest absolute Gasteiger partial charge is 0.313 e. The van der Waals surface area contributed by atoms with E-state index in [1.165, 1.54) is 16.9 Å². The number of nitrogens with zero attached hydrogens (tertiary/aromatic N) is 2. The lowest BCUT2D eigenvalue weighted by molar-refractivity contribution is 0.979. The molecular weight excluding hydrogens is 184 g/mol. The second-order valence-electron chi connectivity index (χ2n) is 3.83. The van der Waals surface area contributed by atoms with Gasteiger partial charge < -0.3 is 4.57 Å². The van der Waals surface area contributed by atoms with Crippen LogP contribution in [0.3, 0.4) is 0 Å². The third-order valence-electron chi connectivity index (χ3n) is 2.82. The molecule has 0 spiro atoms. The molecular formula is C13H12N2. The van der Waals surface area contributed by atoms with Crippen LogP contribution in [0.25, 0.3) is 5.69 Å². The van der Waals surface area contributed by atoms with Crippen LogP contribution in [0, 0.1) is 6.92 Å². The molecule has 0 radical (unpaired) electrons. The molecule has 1 aromatic heterocycles. The SMILES string of the molecule is Cc1ccc2n1-c1ccccc1CN=C2. The minimum Gasteiger partial charge on any atom is -0.313 e. The lowest BCUT2D eigenvalue weighted by Gasteiger charge is -2.10. The van der Waals surface area contributed by atoms with Gasteiger partial charge in [-0.2, -0.15) is 0 Å². The van der Waals surface area contributed by atoms with E-state index in [1.54, 1.807) is 0 Å². The van der Waals surface area contributed by atoms with Gasteiger partial charge in [0.1, 0.15) is 0 Å². The van der Waals surface area contributed by atoms with Crippen molar-refractivity contribution in [2.75, 3.05) is 0 Å². The molecule has 74 valence electrons. The van der Waals surface area contributed by atoms with Crippen molar-refractivity contribution in [2.45, 2.75) is 13.5 Å². The van der Waals surface area contributed by atoms with E-state index in [-0.39, 0.29) is 0 Å². The van der Waals surface area contributed by atoms with Gasteiger partial charge in [-0.3, -0.25) is 4.99 Å². The molecule has 2 heterocycles. The molecule has 3 rings (SSSR count). The lowest BCUT2D eigenvalue weighted by Crippen LogP contribution is -2.01. The zero-order valence-electron chi connectivity index (χ0n) is 8.64. The Morgan fingerprint density at radius 2 is 2.00 bits per heavy atom. The van der Waals surface area contributed by atoms with Crippen molar-refractivity contribution in [1.82, 2.24) is 4.57 Å². The predicted octanol–water partition coefficient (Wildman–Crippen LogP) is 2.72. The fourth-order valence-corrected chi connectivity index (χ4v) is 2.09. The van der Waals surface area contributed by atoms with E-state index < -0.39 is 0 Å². The van der Waals surface area contributed by atoms with Crippen LogP contribution in [0.2, 0.25) is 0 Å². The van der Waals surface area contributed by atoms with Crippen molar-refractivity contribution < 1.29 is 0 Å². The summed E-state index contributed by atoms with van der Waals surface area (Å²) in [6.45, 7) is 2.90. The van der Waals surface area contributed by atoms with Crippen LogP contribution in [0.1, 0.15) is 17.0 Å². The van der Waals surface area contributed by atoms with Gasteiger partial charge in [-0.05, 0) is 30.7 Å². The van der Waals surface area contributed by atoms with E-state index in [1.807, 2.05) is 6.21 Å². The zero-order valence-corrected chi connectivity index (χ0v) is 8.64. The Balaban J connectivity index is 2.36. The highest BCUT2D eigenvalue weighted by Gasteiger charge is 2.11. The average molecular weight is 196 g/mol. The maximum absolute atomic E-state index is 4.42. The first-order chi connectivity index (χ1) is 7.36. The number of rotatable bonds is 0. The van der Waals surface area contributed by atoms with Crippen molar-refractivity contribution in [3.05, 3.63) is 53.3 Å². The van der Waals surface area contributed by atoms with Gasteiger partial charge >= 0.3 is 0 Å². The molecule has 0 fully saturated rings. The van der Waals surface area contributed by atoms with E-state index >= 15 is 0 Å². The van der Waals surface area contributed by atoms with Gasteiger partial charge in [0.25, 0.3) is 0 Å². The monoisotopic (exact) mass is 196 g/mol. The van der Waals surface area contributed by atoms with Crippen LogP contribution in [0.15, 0.2) is 41.4 Å². The first-order valence-corrected chi connectivity index (χ1v) is 5.13. The Morgan fingerprint density at radius 1 is 1.13 bits per heavy atom. The summed E-state index contributed by atoms with van der Waals surface area (Å²) < 4.78 is 2.26. The molecule has 1 aliphatic rings. The summed E-state index contributed by atoms with van der Waals surface area (Å²) in [6, 6.07) is 12.7. The number of benzene rings is 1. The number of aromatic nitrogens is 1. The Morgan fingerprint density at radius 3 is 2.93 bits per heavy atom. The van der Waals surface area contributed by atoms with Gasteiger partial charge in [0.2, 0.25) is 0 Å². The van der Waals surface area contributed by atoms with Gasteiger partial charge in [0.15, 0.2) is 0 Å². The first kappa shape index (κ1) is 8.48. The third-order valence-corrected chi connectivity index (χ3v) is 2.82. The molecule has 2 heteroatoms. The molecule has 2 aromatic rings. The van der Waals surface area contributed by atoms with Crippen LogP contribution >= 0.6 is 0 Å². The predicted molar refractivity (Wildman–Crippen MR) is 61.8 cm³/mol. The van der Waals surface area contributed by atoms with Gasteiger partial charge in [-0.15, -0.1) is 0 Å².